The van der Waals surface area contributed by atoms with Crippen LogP contribution in [0.3, 0.4) is 0 Å². The fourth-order valence-electron chi connectivity index (χ4n) is 2.32. The fraction of sp³-hybridized carbons (Fsp3) is 0.417. The maximum atomic E-state index is 13.5. The minimum Gasteiger partial charge on any atom is -0.369 e. The Labute approximate surface area is 117 Å². The number of benzene rings is 1. The van der Waals surface area contributed by atoms with E-state index in [2.05, 4.69) is 20.9 Å². The summed E-state index contributed by atoms with van der Waals surface area (Å²) in [5, 5.41) is 0. The lowest BCUT2D eigenvalue weighted by Crippen LogP contribution is -2.12. The molecular formula is C12H13BrFN3S. The van der Waals surface area contributed by atoms with Gasteiger partial charge in [-0.2, -0.15) is 11.8 Å². The monoisotopic (exact) mass is 329 g/mol. The Hall–Kier alpha value is -0.750. The van der Waals surface area contributed by atoms with Gasteiger partial charge in [0.25, 0.3) is 0 Å². The fourth-order valence-corrected chi connectivity index (χ4v) is 3.92. The maximum Gasteiger partial charge on any atom is 0.201 e. The summed E-state index contributed by atoms with van der Waals surface area (Å²) in [5.74, 6) is 3.19. The lowest BCUT2D eigenvalue weighted by molar-refractivity contribution is 0.505. The number of nitrogen functional groups attached to an aromatic ring is 1. The van der Waals surface area contributed by atoms with Gasteiger partial charge in [0.1, 0.15) is 5.82 Å². The van der Waals surface area contributed by atoms with E-state index in [-0.39, 0.29) is 5.82 Å². The van der Waals surface area contributed by atoms with Crippen LogP contribution in [0.15, 0.2) is 16.6 Å². The van der Waals surface area contributed by atoms with E-state index < -0.39 is 0 Å². The van der Waals surface area contributed by atoms with Crippen molar-refractivity contribution in [2.24, 2.45) is 5.92 Å². The van der Waals surface area contributed by atoms with Crippen LogP contribution < -0.4 is 5.73 Å². The highest BCUT2D eigenvalue weighted by molar-refractivity contribution is 9.10. The van der Waals surface area contributed by atoms with Gasteiger partial charge in [0.2, 0.25) is 5.95 Å². The first-order valence-electron chi connectivity index (χ1n) is 5.83. The van der Waals surface area contributed by atoms with E-state index in [1.54, 1.807) is 6.07 Å². The zero-order valence-electron chi connectivity index (χ0n) is 9.70. The molecule has 1 atom stereocenters. The average Bonchev–Trinajstić information content (AvgIpc) is 2.92. The zero-order valence-corrected chi connectivity index (χ0v) is 12.1. The summed E-state index contributed by atoms with van der Waals surface area (Å²) < 4.78 is 15.9. The van der Waals surface area contributed by atoms with Crippen molar-refractivity contribution in [2.45, 2.75) is 13.0 Å². The van der Waals surface area contributed by atoms with Crippen molar-refractivity contribution in [3.63, 3.8) is 0 Å². The second-order valence-electron chi connectivity index (χ2n) is 4.57. The Balaban J connectivity index is 2.04. The van der Waals surface area contributed by atoms with Crippen LogP contribution in [0.1, 0.15) is 6.42 Å². The number of imidazole rings is 1. The number of thioether (sulfide) groups is 1. The third kappa shape index (κ3) is 2.12. The van der Waals surface area contributed by atoms with Crippen molar-refractivity contribution in [2.75, 3.05) is 17.2 Å². The number of rotatable bonds is 2. The molecule has 0 spiro atoms. The van der Waals surface area contributed by atoms with Crippen molar-refractivity contribution in [1.82, 2.24) is 9.55 Å². The Bertz CT molecular complexity index is 593. The molecule has 96 valence electrons. The van der Waals surface area contributed by atoms with E-state index in [9.17, 15) is 4.39 Å². The Morgan fingerprint density at radius 3 is 3.11 bits per heavy atom. The molecule has 2 heterocycles. The Morgan fingerprint density at radius 2 is 2.39 bits per heavy atom. The van der Waals surface area contributed by atoms with Crippen molar-refractivity contribution < 1.29 is 4.39 Å². The minimum absolute atomic E-state index is 0.302. The number of hydrogen-bond acceptors (Lipinski definition) is 3. The molecule has 0 amide bonds. The third-order valence-electron chi connectivity index (χ3n) is 3.28. The van der Waals surface area contributed by atoms with Crippen molar-refractivity contribution in [1.29, 1.82) is 0 Å². The van der Waals surface area contributed by atoms with Crippen molar-refractivity contribution in [3.8, 4) is 0 Å². The van der Waals surface area contributed by atoms with Gasteiger partial charge in [-0.1, -0.05) is 0 Å². The van der Waals surface area contributed by atoms with Gasteiger partial charge in [-0.05, 0) is 45.8 Å². The largest absolute Gasteiger partial charge is 0.369 e. The van der Waals surface area contributed by atoms with Crippen LogP contribution in [0, 0.1) is 11.7 Å². The first kappa shape index (κ1) is 12.3. The standard InChI is InChI=1S/C12H13BrFN3S/c13-8-3-11-10(4-9(8)14)16-12(15)17(11)5-7-1-2-18-6-7/h3-4,7H,1-2,5-6H2,(H2,15,16). The topological polar surface area (TPSA) is 43.8 Å². The van der Waals surface area contributed by atoms with E-state index >= 15 is 0 Å². The van der Waals surface area contributed by atoms with E-state index in [4.69, 9.17) is 5.73 Å². The molecule has 1 aromatic heterocycles. The molecule has 6 heteroatoms. The second kappa shape index (κ2) is 4.74. The summed E-state index contributed by atoms with van der Waals surface area (Å²) in [6.07, 6.45) is 1.21. The van der Waals surface area contributed by atoms with Crippen molar-refractivity contribution in [3.05, 3.63) is 22.4 Å². The summed E-state index contributed by atoms with van der Waals surface area (Å²) in [6, 6.07) is 3.19. The number of nitrogens with zero attached hydrogens (tertiary/aromatic N) is 2. The lowest BCUT2D eigenvalue weighted by Gasteiger charge is -2.11. The molecule has 18 heavy (non-hydrogen) atoms. The van der Waals surface area contributed by atoms with Gasteiger partial charge in [-0.3, -0.25) is 0 Å². The van der Waals surface area contributed by atoms with Gasteiger partial charge in [-0.15, -0.1) is 0 Å². The number of hydrogen-bond donors (Lipinski definition) is 1. The molecule has 1 aliphatic heterocycles. The van der Waals surface area contributed by atoms with E-state index in [1.165, 1.54) is 24.0 Å². The molecule has 0 saturated carbocycles. The zero-order chi connectivity index (χ0) is 12.7. The molecular weight excluding hydrogens is 317 g/mol. The van der Waals surface area contributed by atoms with Gasteiger partial charge in [0, 0.05) is 12.6 Å². The molecule has 1 aliphatic rings. The maximum absolute atomic E-state index is 13.5. The van der Waals surface area contributed by atoms with Gasteiger partial charge >= 0.3 is 0 Å². The highest BCUT2D eigenvalue weighted by Gasteiger charge is 2.19. The summed E-state index contributed by atoms with van der Waals surface area (Å²) in [6.45, 7) is 0.868. The summed E-state index contributed by atoms with van der Waals surface area (Å²) in [4.78, 5) is 4.23. The predicted octanol–water partition coefficient (Wildman–Crippen LogP) is 3.27. The normalized spacial score (nSPS) is 19.8. The van der Waals surface area contributed by atoms with E-state index in [0.717, 1.165) is 12.1 Å². The molecule has 1 fully saturated rings. The molecule has 1 aromatic carbocycles. The number of nitrogens with two attached hydrogens (primary N) is 1. The first-order valence-corrected chi connectivity index (χ1v) is 7.78. The summed E-state index contributed by atoms with van der Waals surface area (Å²) in [7, 11) is 0. The van der Waals surface area contributed by atoms with Crippen molar-refractivity contribution >= 4 is 44.7 Å². The second-order valence-corrected chi connectivity index (χ2v) is 6.57. The van der Waals surface area contributed by atoms with E-state index in [1.807, 2.05) is 16.3 Å². The predicted molar refractivity (Wildman–Crippen MR) is 77.2 cm³/mol. The molecule has 0 radical (unpaired) electrons. The Kier molecular flexibility index (Phi) is 3.23. The van der Waals surface area contributed by atoms with Gasteiger partial charge in [-0.25, -0.2) is 9.37 Å². The molecule has 1 unspecified atom stereocenters. The number of halogens is 2. The van der Waals surface area contributed by atoms with Gasteiger partial charge in [0.05, 0.1) is 15.5 Å². The van der Waals surface area contributed by atoms with Crippen LogP contribution in [-0.2, 0) is 6.54 Å². The molecule has 0 aliphatic carbocycles. The molecule has 2 aromatic rings. The summed E-state index contributed by atoms with van der Waals surface area (Å²) >= 11 is 5.19. The molecule has 0 bridgehead atoms. The Morgan fingerprint density at radius 1 is 1.56 bits per heavy atom. The molecule has 1 saturated heterocycles. The summed E-state index contributed by atoms with van der Waals surface area (Å²) in [5.41, 5.74) is 7.46. The van der Waals surface area contributed by atoms with Crippen LogP contribution in [0.2, 0.25) is 0 Å². The van der Waals surface area contributed by atoms with Gasteiger partial charge < -0.3 is 10.3 Å². The van der Waals surface area contributed by atoms with Crippen LogP contribution in [0.4, 0.5) is 10.3 Å². The average molecular weight is 330 g/mol. The highest BCUT2D eigenvalue weighted by atomic mass is 79.9. The van der Waals surface area contributed by atoms with Crippen LogP contribution in [0.5, 0.6) is 0 Å². The first-order chi connectivity index (χ1) is 8.65. The van der Waals surface area contributed by atoms with E-state index in [0.29, 0.717) is 21.9 Å². The lowest BCUT2D eigenvalue weighted by atomic mass is 10.1. The van der Waals surface area contributed by atoms with Crippen LogP contribution in [-0.4, -0.2) is 21.1 Å². The number of aromatic nitrogens is 2. The van der Waals surface area contributed by atoms with Gasteiger partial charge in [0.15, 0.2) is 0 Å². The van der Waals surface area contributed by atoms with Crippen LogP contribution >= 0.6 is 27.7 Å². The molecule has 3 rings (SSSR count). The minimum atomic E-state index is -0.302. The smallest absolute Gasteiger partial charge is 0.201 e. The third-order valence-corrected chi connectivity index (χ3v) is 5.12. The SMILES string of the molecule is Nc1nc2cc(F)c(Br)cc2n1CC1CCSC1. The van der Waals surface area contributed by atoms with Crippen LogP contribution in [0.25, 0.3) is 11.0 Å². The number of anilines is 1. The number of fused-ring (bicyclic) bond motifs is 1. The molecule has 2 N–H and O–H groups in total. The quantitative estimate of drug-likeness (QED) is 0.919. The highest BCUT2D eigenvalue weighted by Crippen LogP contribution is 2.29. The molecule has 3 nitrogen and oxygen atoms in total.